The summed E-state index contributed by atoms with van der Waals surface area (Å²) < 4.78 is 25.9. The zero-order valence-electron chi connectivity index (χ0n) is 22.9. The summed E-state index contributed by atoms with van der Waals surface area (Å²) in [5.41, 5.74) is 0. The van der Waals surface area contributed by atoms with Crippen molar-refractivity contribution in [3.63, 3.8) is 0 Å². The van der Waals surface area contributed by atoms with E-state index >= 15 is 0 Å². The van der Waals surface area contributed by atoms with Crippen molar-refractivity contribution in [3.8, 4) is 0 Å². The molecule has 0 fully saturated rings. The number of carbonyl (C=O) groups excluding carboxylic acids is 3. The zero-order valence-corrected chi connectivity index (χ0v) is 23.8. The molecule has 0 aliphatic heterocycles. The van der Waals surface area contributed by atoms with Crippen molar-refractivity contribution in [2.45, 2.75) is 129 Å². The first kappa shape index (κ1) is 35.5. The van der Waals surface area contributed by atoms with Crippen LogP contribution >= 0.6 is 7.82 Å². The van der Waals surface area contributed by atoms with Gasteiger partial charge in [-0.15, -0.1) is 0 Å². The summed E-state index contributed by atoms with van der Waals surface area (Å²) in [4.78, 5) is 52.9. The molecule has 1 atom stereocenters. The molecule has 0 aromatic rings. The molecule has 0 unspecified atom stereocenters. The van der Waals surface area contributed by atoms with E-state index < -0.39 is 32.5 Å². The maximum Gasteiger partial charge on any atom is 0.469 e. The molecule has 0 aromatic heterocycles. The van der Waals surface area contributed by atoms with Gasteiger partial charge in [0.1, 0.15) is 6.61 Å². The van der Waals surface area contributed by atoms with Gasteiger partial charge in [-0.2, -0.15) is 0 Å². The first-order valence-electron chi connectivity index (χ1n) is 13.9. The van der Waals surface area contributed by atoms with Crippen molar-refractivity contribution < 1.29 is 42.7 Å². The Balaban J connectivity index is 4.09. The van der Waals surface area contributed by atoms with Crippen LogP contribution in [0.4, 0.5) is 0 Å². The molecule has 0 bridgehead atoms. The molecule has 11 heteroatoms. The number of amides is 1. The van der Waals surface area contributed by atoms with Crippen LogP contribution in [0.2, 0.25) is 0 Å². The van der Waals surface area contributed by atoms with Gasteiger partial charge in [0.25, 0.3) is 0 Å². The lowest BCUT2D eigenvalue weighted by Gasteiger charge is -2.18. The average molecular weight is 552 g/mol. The molecule has 0 heterocycles. The molecular formula is C26H50NO9P. The van der Waals surface area contributed by atoms with Crippen molar-refractivity contribution >= 4 is 25.7 Å². The van der Waals surface area contributed by atoms with Gasteiger partial charge in [0.15, 0.2) is 6.10 Å². The molecule has 37 heavy (non-hydrogen) atoms. The van der Waals surface area contributed by atoms with Crippen LogP contribution in [0.5, 0.6) is 0 Å². The van der Waals surface area contributed by atoms with E-state index in [1.54, 1.807) is 0 Å². The maximum absolute atomic E-state index is 12.2. The van der Waals surface area contributed by atoms with E-state index in [0.717, 1.165) is 51.4 Å². The van der Waals surface area contributed by atoms with E-state index in [2.05, 4.69) is 16.8 Å². The van der Waals surface area contributed by atoms with Gasteiger partial charge < -0.3 is 24.6 Å². The van der Waals surface area contributed by atoms with Crippen molar-refractivity contribution in [1.29, 1.82) is 0 Å². The molecule has 0 aromatic carbocycles. The van der Waals surface area contributed by atoms with Crippen LogP contribution in [-0.2, 0) is 32.9 Å². The van der Waals surface area contributed by atoms with Crippen LogP contribution in [0, 0.1) is 0 Å². The second-order valence-corrected chi connectivity index (χ2v) is 10.8. The number of unbranched alkanes of at least 4 members (excludes halogenated alkanes) is 13. The van der Waals surface area contributed by atoms with Crippen LogP contribution in [0.25, 0.3) is 0 Å². The van der Waals surface area contributed by atoms with E-state index in [-0.39, 0.29) is 25.4 Å². The maximum atomic E-state index is 12.2. The Kier molecular flexibility index (Phi) is 22.7. The highest BCUT2D eigenvalue weighted by molar-refractivity contribution is 7.46. The molecule has 1 amide bonds. The second kappa shape index (κ2) is 23.6. The molecule has 0 radical (unpaired) electrons. The van der Waals surface area contributed by atoms with Crippen LogP contribution in [-0.4, -0.2) is 53.5 Å². The van der Waals surface area contributed by atoms with Gasteiger partial charge >= 0.3 is 19.8 Å². The van der Waals surface area contributed by atoms with Gasteiger partial charge in [-0.1, -0.05) is 84.0 Å². The molecule has 218 valence electrons. The van der Waals surface area contributed by atoms with Gasteiger partial charge in [-0.05, 0) is 19.3 Å². The predicted molar refractivity (Wildman–Crippen MR) is 142 cm³/mol. The van der Waals surface area contributed by atoms with Gasteiger partial charge in [-0.3, -0.25) is 18.9 Å². The number of rotatable bonds is 25. The minimum atomic E-state index is -4.75. The SMILES string of the molecule is CCCCCCCCCCCC(=O)O[C@H](COC(=O)CCCCCCCCNC(C)=O)COP(=O)(O)O. The molecule has 0 rings (SSSR count). The summed E-state index contributed by atoms with van der Waals surface area (Å²) in [6, 6.07) is 0. The minimum Gasteiger partial charge on any atom is -0.462 e. The summed E-state index contributed by atoms with van der Waals surface area (Å²) in [5, 5.41) is 2.75. The average Bonchev–Trinajstić information content (AvgIpc) is 2.82. The fraction of sp³-hybridized carbons (Fsp3) is 0.885. The summed E-state index contributed by atoms with van der Waals surface area (Å²) in [6.45, 7) is 3.49. The van der Waals surface area contributed by atoms with Crippen molar-refractivity contribution in [3.05, 3.63) is 0 Å². The molecule has 3 N–H and O–H groups in total. The van der Waals surface area contributed by atoms with Crippen LogP contribution in [0.3, 0.4) is 0 Å². The van der Waals surface area contributed by atoms with Crippen molar-refractivity contribution in [2.75, 3.05) is 19.8 Å². The molecule has 0 aliphatic rings. The molecule has 0 saturated heterocycles. The van der Waals surface area contributed by atoms with Crippen LogP contribution in [0.1, 0.15) is 123 Å². The molecular weight excluding hydrogens is 501 g/mol. The Bertz CT molecular complexity index is 654. The van der Waals surface area contributed by atoms with E-state index in [1.807, 2.05) is 0 Å². The lowest BCUT2D eigenvalue weighted by Crippen LogP contribution is -2.29. The number of esters is 2. The second-order valence-electron chi connectivity index (χ2n) is 9.51. The zero-order chi connectivity index (χ0) is 27.8. The Morgan fingerprint density at radius 2 is 1.22 bits per heavy atom. The van der Waals surface area contributed by atoms with Crippen molar-refractivity contribution in [2.24, 2.45) is 0 Å². The lowest BCUT2D eigenvalue weighted by atomic mass is 10.1. The summed E-state index contributed by atoms with van der Waals surface area (Å²) in [7, 11) is -4.75. The van der Waals surface area contributed by atoms with E-state index in [4.69, 9.17) is 19.3 Å². The number of ether oxygens (including phenoxy) is 2. The number of nitrogens with one attached hydrogen (secondary N) is 1. The van der Waals surface area contributed by atoms with Gasteiger partial charge in [0.05, 0.1) is 6.61 Å². The number of phosphoric ester groups is 1. The standard InChI is InChI=1S/C26H50NO9P/c1-3-4-5-6-7-8-9-13-16-19-26(30)36-24(22-35-37(31,32)33)21-34-25(29)18-15-12-10-11-14-17-20-27-23(2)28/h24H,3-22H2,1-2H3,(H,27,28)(H2,31,32,33)/t24-/m1/s1. The topological polar surface area (TPSA) is 148 Å². The van der Waals surface area contributed by atoms with Gasteiger partial charge in [0.2, 0.25) is 5.91 Å². The third-order valence-corrected chi connectivity index (χ3v) is 6.31. The first-order chi connectivity index (χ1) is 17.6. The van der Waals surface area contributed by atoms with Crippen LogP contribution in [0.15, 0.2) is 0 Å². The van der Waals surface area contributed by atoms with E-state index in [0.29, 0.717) is 19.4 Å². The normalized spacial score (nSPS) is 12.2. The Morgan fingerprint density at radius 3 is 1.73 bits per heavy atom. The van der Waals surface area contributed by atoms with Gasteiger partial charge in [0, 0.05) is 26.3 Å². The third kappa shape index (κ3) is 27.4. The first-order valence-corrected chi connectivity index (χ1v) is 15.5. The fourth-order valence-corrected chi connectivity index (χ4v) is 4.11. The number of phosphoric acid groups is 1. The third-order valence-electron chi connectivity index (χ3n) is 5.82. The van der Waals surface area contributed by atoms with Crippen LogP contribution < -0.4 is 5.32 Å². The molecule has 0 spiro atoms. The highest BCUT2D eigenvalue weighted by Gasteiger charge is 2.22. The highest BCUT2D eigenvalue weighted by atomic mass is 31.2. The summed E-state index contributed by atoms with van der Waals surface area (Å²) >= 11 is 0. The largest absolute Gasteiger partial charge is 0.469 e. The minimum absolute atomic E-state index is 0.0254. The smallest absolute Gasteiger partial charge is 0.462 e. The lowest BCUT2D eigenvalue weighted by molar-refractivity contribution is -0.161. The quantitative estimate of drug-likeness (QED) is 0.0776. The number of carbonyl (C=O) groups is 3. The van der Waals surface area contributed by atoms with Gasteiger partial charge in [-0.25, -0.2) is 4.57 Å². The van der Waals surface area contributed by atoms with Crippen molar-refractivity contribution in [1.82, 2.24) is 5.32 Å². The number of hydrogen-bond donors (Lipinski definition) is 3. The molecule has 10 nitrogen and oxygen atoms in total. The number of hydrogen-bond acceptors (Lipinski definition) is 7. The Morgan fingerprint density at radius 1 is 0.730 bits per heavy atom. The summed E-state index contributed by atoms with van der Waals surface area (Å²) in [6.07, 6.45) is 14.8. The monoisotopic (exact) mass is 551 g/mol. The fourth-order valence-electron chi connectivity index (χ4n) is 3.75. The molecule has 0 aliphatic carbocycles. The predicted octanol–water partition coefficient (Wildman–Crippen LogP) is 5.34. The molecule has 0 saturated carbocycles. The summed E-state index contributed by atoms with van der Waals surface area (Å²) in [5.74, 6) is -0.985. The highest BCUT2D eigenvalue weighted by Crippen LogP contribution is 2.35. The Hall–Kier alpha value is -1.48. The van der Waals surface area contributed by atoms with E-state index in [1.165, 1.54) is 39.0 Å². The van der Waals surface area contributed by atoms with E-state index in [9.17, 15) is 18.9 Å². The Labute approximate surface area is 222 Å².